The summed E-state index contributed by atoms with van der Waals surface area (Å²) in [6, 6.07) is 3.06. The second kappa shape index (κ2) is 6.06. The van der Waals surface area contributed by atoms with Crippen LogP contribution in [0.25, 0.3) is 0 Å². The third-order valence-electron chi connectivity index (χ3n) is 3.57. The van der Waals surface area contributed by atoms with Crippen LogP contribution in [0.3, 0.4) is 0 Å². The summed E-state index contributed by atoms with van der Waals surface area (Å²) in [5.74, 6) is 1.65. The standard InChI is InChI=1S/C13H16N6O3/c1-10-15-12(16-22-10)9-17-5-7-18(8-6-17)13-11(19(20)21)3-2-4-14-13/h2-4H,5-9H2,1H3. The first-order chi connectivity index (χ1) is 10.6. The van der Waals surface area contributed by atoms with Crippen molar-refractivity contribution in [2.75, 3.05) is 31.1 Å². The Bertz CT molecular complexity index is 665. The summed E-state index contributed by atoms with van der Waals surface area (Å²) in [6.45, 7) is 5.26. The Morgan fingerprint density at radius 2 is 2.14 bits per heavy atom. The van der Waals surface area contributed by atoms with E-state index in [1.165, 1.54) is 6.07 Å². The van der Waals surface area contributed by atoms with Crippen molar-refractivity contribution in [2.24, 2.45) is 0 Å². The van der Waals surface area contributed by atoms with Crippen LogP contribution < -0.4 is 4.90 Å². The highest BCUT2D eigenvalue weighted by molar-refractivity contribution is 5.57. The van der Waals surface area contributed by atoms with Crippen LogP contribution in [0.2, 0.25) is 0 Å². The van der Waals surface area contributed by atoms with Gasteiger partial charge in [-0.3, -0.25) is 15.0 Å². The molecule has 9 heteroatoms. The molecule has 1 aliphatic rings. The first kappa shape index (κ1) is 14.4. The molecule has 0 radical (unpaired) electrons. The number of hydrogen-bond donors (Lipinski definition) is 0. The van der Waals surface area contributed by atoms with Crippen molar-refractivity contribution in [3.63, 3.8) is 0 Å². The van der Waals surface area contributed by atoms with Gasteiger partial charge >= 0.3 is 5.69 Å². The van der Waals surface area contributed by atoms with Crippen LogP contribution in [-0.2, 0) is 6.54 Å². The van der Waals surface area contributed by atoms with E-state index in [0.29, 0.717) is 37.2 Å². The van der Waals surface area contributed by atoms with E-state index in [4.69, 9.17) is 4.52 Å². The number of pyridine rings is 1. The fraction of sp³-hybridized carbons (Fsp3) is 0.462. The van der Waals surface area contributed by atoms with Crippen LogP contribution in [0.15, 0.2) is 22.9 Å². The van der Waals surface area contributed by atoms with Gasteiger partial charge in [-0.2, -0.15) is 4.98 Å². The Kier molecular flexibility index (Phi) is 3.96. The Morgan fingerprint density at radius 1 is 1.36 bits per heavy atom. The fourth-order valence-electron chi connectivity index (χ4n) is 2.50. The van der Waals surface area contributed by atoms with Gasteiger partial charge in [0.25, 0.3) is 0 Å². The molecule has 0 atom stereocenters. The van der Waals surface area contributed by atoms with E-state index in [-0.39, 0.29) is 5.69 Å². The minimum absolute atomic E-state index is 0.0461. The zero-order valence-electron chi connectivity index (χ0n) is 12.2. The first-order valence-corrected chi connectivity index (χ1v) is 6.99. The van der Waals surface area contributed by atoms with E-state index in [0.717, 1.165) is 13.1 Å². The normalized spacial score (nSPS) is 16.0. The van der Waals surface area contributed by atoms with Gasteiger partial charge in [-0.15, -0.1) is 0 Å². The van der Waals surface area contributed by atoms with Gasteiger partial charge in [0, 0.05) is 45.4 Å². The van der Waals surface area contributed by atoms with Gasteiger partial charge in [0.2, 0.25) is 11.7 Å². The van der Waals surface area contributed by atoms with Crippen molar-refractivity contribution in [3.8, 4) is 0 Å². The van der Waals surface area contributed by atoms with Crippen LogP contribution in [0.4, 0.5) is 11.5 Å². The van der Waals surface area contributed by atoms with E-state index in [1.807, 2.05) is 4.90 Å². The molecule has 0 spiro atoms. The second-order valence-electron chi connectivity index (χ2n) is 5.10. The summed E-state index contributed by atoms with van der Waals surface area (Å²) in [4.78, 5) is 23.2. The van der Waals surface area contributed by atoms with Gasteiger partial charge in [-0.25, -0.2) is 4.98 Å². The van der Waals surface area contributed by atoms with Gasteiger partial charge in [-0.1, -0.05) is 5.16 Å². The Balaban J connectivity index is 1.63. The minimum atomic E-state index is -0.392. The summed E-state index contributed by atoms with van der Waals surface area (Å²) < 4.78 is 4.96. The minimum Gasteiger partial charge on any atom is -0.348 e. The summed E-state index contributed by atoms with van der Waals surface area (Å²) in [7, 11) is 0. The number of piperazine rings is 1. The molecule has 9 nitrogen and oxygen atoms in total. The number of rotatable bonds is 4. The number of anilines is 1. The highest BCUT2D eigenvalue weighted by Gasteiger charge is 2.25. The zero-order valence-corrected chi connectivity index (χ0v) is 12.2. The van der Waals surface area contributed by atoms with Gasteiger partial charge in [0.1, 0.15) is 0 Å². The Labute approximate surface area is 126 Å². The third kappa shape index (κ3) is 3.03. The quantitative estimate of drug-likeness (QED) is 0.609. The Hall–Kier alpha value is -2.55. The van der Waals surface area contributed by atoms with E-state index < -0.39 is 4.92 Å². The van der Waals surface area contributed by atoms with Crippen LogP contribution in [0.5, 0.6) is 0 Å². The molecule has 0 aliphatic carbocycles. The largest absolute Gasteiger partial charge is 0.348 e. The topological polar surface area (TPSA) is 101 Å². The lowest BCUT2D eigenvalue weighted by Gasteiger charge is -2.34. The number of nitrogens with zero attached hydrogens (tertiary/aromatic N) is 6. The second-order valence-corrected chi connectivity index (χ2v) is 5.10. The van der Waals surface area contributed by atoms with Gasteiger partial charge in [0.15, 0.2) is 5.82 Å². The lowest BCUT2D eigenvalue weighted by atomic mass is 10.3. The van der Waals surface area contributed by atoms with Gasteiger partial charge < -0.3 is 9.42 Å². The molecule has 0 aromatic carbocycles. The third-order valence-corrected chi connectivity index (χ3v) is 3.57. The lowest BCUT2D eigenvalue weighted by Crippen LogP contribution is -2.46. The summed E-state index contributed by atoms with van der Waals surface area (Å²) in [5.41, 5.74) is 0.0461. The monoisotopic (exact) mass is 304 g/mol. The molecule has 2 aromatic rings. The molecular weight excluding hydrogens is 288 g/mol. The molecule has 1 fully saturated rings. The number of aromatic nitrogens is 3. The molecule has 116 valence electrons. The van der Waals surface area contributed by atoms with E-state index in [1.54, 1.807) is 19.2 Å². The maximum Gasteiger partial charge on any atom is 0.311 e. The lowest BCUT2D eigenvalue weighted by molar-refractivity contribution is -0.384. The summed E-state index contributed by atoms with van der Waals surface area (Å²) >= 11 is 0. The molecule has 3 rings (SSSR count). The molecule has 0 amide bonds. The molecule has 0 saturated carbocycles. The van der Waals surface area contributed by atoms with Crippen LogP contribution in [0.1, 0.15) is 11.7 Å². The maximum atomic E-state index is 11.1. The van der Waals surface area contributed by atoms with E-state index in [9.17, 15) is 10.1 Å². The highest BCUT2D eigenvalue weighted by atomic mass is 16.6. The molecule has 22 heavy (non-hydrogen) atoms. The molecule has 3 heterocycles. The van der Waals surface area contributed by atoms with Crippen molar-refractivity contribution >= 4 is 11.5 Å². The predicted molar refractivity (Wildman–Crippen MR) is 77.4 cm³/mol. The molecule has 0 N–H and O–H groups in total. The highest BCUT2D eigenvalue weighted by Crippen LogP contribution is 2.25. The average Bonchev–Trinajstić information content (AvgIpc) is 2.93. The van der Waals surface area contributed by atoms with Gasteiger partial charge in [-0.05, 0) is 6.07 Å². The van der Waals surface area contributed by atoms with Crippen molar-refractivity contribution in [1.29, 1.82) is 0 Å². The Morgan fingerprint density at radius 3 is 2.77 bits per heavy atom. The smallest absolute Gasteiger partial charge is 0.311 e. The van der Waals surface area contributed by atoms with Crippen molar-refractivity contribution < 1.29 is 9.45 Å². The van der Waals surface area contributed by atoms with Crippen LogP contribution in [-0.4, -0.2) is 51.1 Å². The molecule has 1 saturated heterocycles. The fourth-order valence-corrected chi connectivity index (χ4v) is 2.50. The van der Waals surface area contributed by atoms with Crippen molar-refractivity contribution in [3.05, 3.63) is 40.2 Å². The molecule has 0 unspecified atom stereocenters. The number of nitro groups is 1. The van der Waals surface area contributed by atoms with Crippen molar-refractivity contribution in [2.45, 2.75) is 13.5 Å². The summed E-state index contributed by atoms with van der Waals surface area (Å²) in [6.07, 6.45) is 1.58. The SMILES string of the molecule is Cc1nc(CN2CCN(c3ncccc3[N+](=O)[O-])CC2)no1. The number of aryl methyl sites for hydroxylation is 1. The number of hydrogen-bond acceptors (Lipinski definition) is 8. The average molecular weight is 304 g/mol. The predicted octanol–water partition coefficient (Wildman–Crippen LogP) is 1.00. The van der Waals surface area contributed by atoms with Crippen molar-refractivity contribution in [1.82, 2.24) is 20.0 Å². The van der Waals surface area contributed by atoms with Gasteiger partial charge in [0.05, 0.1) is 11.5 Å². The molecular formula is C13H16N6O3. The van der Waals surface area contributed by atoms with E-state index in [2.05, 4.69) is 20.0 Å². The zero-order chi connectivity index (χ0) is 15.5. The molecule has 1 aliphatic heterocycles. The van der Waals surface area contributed by atoms with Crippen LogP contribution >= 0.6 is 0 Å². The van der Waals surface area contributed by atoms with Crippen LogP contribution in [0, 0.1) is 17.0 Å². The first-order valence-electron chi connectivity index (χ1n) is 6.99. The molecule has 0 bridgehead atoms. The maximum absolute atomic E-state index is 11.1. The summed E-state index contributed by atoms with van der Waals surface area (Å²) in [5, 5.41) is 15.0. The molecule has 2 aromatic heterocycles. The van der Waals surface area contributed by atoms with E-state index >= 15 is 0 Å².